The lowest BCUT2D eigenvalue weighted by atomic mass is 10.0. The molecular weight excluding hydrogens is 314 g/mol. The number of aromatic nitrogens is 1. The van der Waals surface area contributed by atoms with Crippen LogP contribution in [0.1, 0.15) is 36.4 Å². The summed E-state index contributed by atoms with van der Waals surface area (Å²) < 4.78 is 11.3. The second kappa shape index (κ2) is 7.85. The molecular formula is C20H25N3O2. The van der Waals surface area contributed by atoms with Gasteiger partial charge in [-0.15, -0.1) is 0 Å². The van der Waals surface area contributed by atoms with Crippen LogP contribution in [0.15, 0.2) is 42.6 Å². The summed E-state index contributed by atoms with van der Waals surface area (Å²) in [5.41, 5.74) is 3.80. The van der Waals surface area contributed by atoms with E-state index in [9.17, 15) is 0 Å². The molecule has 3 heterocycles. The van der Waals surface area contributed by atoms with Crippen molar-refractivity contribution in [3.63, 3.8) is 0 Å². The van der Waals surface area contributed by atoms with Crippen molar-refractivity contribution in [1.29, 1.82) is 0 Å². The fourth-order valence-electron chi connectivity index (χ4n) is 3.50. The summed E-state index contributed by atoms with van der Waals surface area (Å²) in [6, 6.07) is 13.0. The van der Waals surface area contributed by atoms with Crippen molar-refractivity contribution in [2.45, 2.75) is 38.0 Å². The lowest BCUT2D eigenvalue weighted by Crippen LogP contribution is -2.21. The third-order valence-corrected chi connectivity index (χ3v) is 4.85. The first-order valence-corrected chi connectivity index (χ1v) is 9.14. The minimum atomic E-state index is 0.135. The molecule has 1 fully saturated rings. The second-order valence-corrected chi connectivity index (χ2v) is 6.70. The molecule has 0 bridgehead atoms. The Morgan fingerprint density at radius 1 is 1.24 bits per heavy atom. The van der Waals surface area contributed by atoms with Gasteiger partial charge >= 0.3 is 0 Å². The molecule has 25 heavy (non-hydrogen) atoms. The number of benzene rings is 1. The average molecular weight is 339 g/mol. The van der Waals surface area contributed by atoms with Gasteiger partial charge in [0.1, 0.15) is 6.10 Å². The Balaban J connectivity index is 1.41. The van der Waals surface area contributed by atoms with Gasteiger partial charge < -0.3 is 20.1 Å². The van der Waals surface area contributed by atoms with Gasteiger partial charge in [-0.05, 0) is 36.1 Å². The predicted molar refractivity (Wildman–Crippen MR) is 97.8 cm³/mol. The number of fused-ring (bicyclic) bond motifs is 1. The molecule has 2 aliphatic heterocycles. The Bertz CT molecular complexity index is 701. The maximum absolute atomic E-state index is 5.91. The van der Waals surface area contributed by atoms with Gasteiger partial charge in [-0.1, -0.05) is 18.2 Å². The molecule has 0 saturated carbocycles. The third kappa shape index (κ3) is 4.11. The summed E-state index contributed by atoms with van der Waals surface area (Å²) in [6.45, 7) is 3.28. The largest absolute Gasteiger partial charge is 0.472 e. The van der Waals surface area contributed by atoms with Crippen LogP contribution in [0.5, 0.6) is 5.88 Å². The van der Waals surface area contributed by atoms with Crippen LogP contribution in [0.3, 0.4) is 0 Å². The number of anilines is 1. The fraction of sp³-hybridized carbons (Fsp3) is 0.450. The van der Waals surface area contributed by atoms with Crippen LogP contribution < -0.4 is 15.4 Å². The number of hydrogen-bond donors (Lipinski definition) is 2. The van der Waals surface area contributed by atoms with Crippen molar-refractivity contribution in [2.24, 2.45) is 0 Å². The zero-order valence-corrected chi connectivity index (χ0v) is 14.4. The molecule has 5 nitrogen and oxygen atoms in total. The predicted octanol–water partition coefficient (Wildman–Crippen LogP) is 3.29. The van der Waals surface area contributed by atoms with Gasteiger partial charge in [-0.25, -0.2) is 4.98 Å². The quantitative estimate of drug-likeness (QED) is 0.875. The van der Waals surface area contributed by atoms with E-state index in [1.807, 2.05) is 18.3 Å². The highest BCUT2D eigenvalue weighted by atomic mass is 16.5. The molecule has 0 radical (unpaired) electrons. The molecule has 0 unspecified atom stereocenters. The highest BCUT2D eigenvalue weighted by Gasteiger charge is 2.19. The summed E-state index contributed by atoms with van der Waals surface area (Å²) >= 11 is 0. The number of hydrogen-bond acceptors (Lipinski definition) is 5. The number of para-hydroxylation sites is 1. The first kappa shape index (κ1) is 16.4. The van der Waals surface area contributed by atoms with Gasteiger partial charge in [0.2, 0.25) is 5.88 Å². The number of ether oxygens (including phenoxy) is 2. The molecule has 132 valence electrons. The van der Waals surface area contributed by atoms with Crippen molar-refractivity contribution < 1.29 is 9.47 Å². The van der Waals surface area contributed by atoms with Crippen LogP contribution in [0, 0.1) is 0 Å². The topological polar surface area (TPSA) is 55.4 Å². The molecule has 2 aromatic rings. The van der Waals surface area contributed by atoms with E-state index >= 15 is 0 Å². The van der Waals surface area contributed by atoms with E-state index < -0.39 is 0 Å². The van der Waals surface area contributed by atoms with Gasteiger partial charge in [0, 0.05) is 43.5 Å². The summed E-state index contributed by atoms with van der Waals surface area (Å²) in [6.07, 6.45) is 5.20. The maximum Gasteiger partial charge on any atom is 0.213 e. The maximum atomic E-state index is 5.91. The van der Waals surface area contributed by atoms with Crippen molar-refractivity contribution in [3.05, 3.63) is 53.7 Å². The van der Waals surface area contributed by atoms with Crippen LogP contribution in [0.2, 0.25) is 0 Å². The molecule has 0 spiro atoms. The molecule has 2 atom stereocenters. The summed E-state index contributed by atoms with van der Waals surface area (Å²) in [7, 11) is 0. The molecule has 2 N–H and O–H groups in total. The van der Waals surface area contributed by atoms with Crippen LogP contribution in [-0.2, 0) is 11.3 Å². The molecule has 1 aromatic carbocycles. The Morgan fingerprint density at radius 3 is 3.12 bits per heavy atom. The van der Waals surface area contributed by atoms with E-state index in [-0.39, 0.29) is 6.10 Å². The van der Waals surface area contributed by atoms with Gasteiger partial charge in [0.15, 0.2) is 0 Å². The zero-order valence-electron chi connectivity index (χ0n) is 14.4. The van der Waals surface area contributed by atoms with Crippen LogP contribution in [0.4, 0.5) is 5.69 Å². The smallest absolute Gasteiger partial charge is 0.213 e. The van der Waals surface area contributed by atoms with Crippen molar-refractivity contribution in [2.75, 3.05) is 25.1 Å². The molecule has 4 rings (SSSR count). The third-order valence-electron chi connectivity index (χ3n) is 4.85. The molecule has 1 aromatic heterocycles. The van der Waals surface area contributed by atoms with E-state index in [4.69, 9.17) is 9.47 Å². The summed E-state index contributed by atoms with van der Waals surface area (Å²) in [5.74, 6) is 0.692. The molecule has 0 aliphatic carbocycles. The molecule has 2 aliphatic rings. The highest BCUT2D eigenvalue weighted by Crippen LogP contribution is 2.29. The molecule has 5 heteroatoms. The molecule has 0 amide bonds. The minimum absolute atomic E-state index is 0.135. The number of nitrogens with one attached hydrogen (secondary N) is 2. The van der Waals surface area contributed by atoms with Crippen molar-refractivity contribution in [3.8, 4) is 5.88 Å². The SMILES string of the molecule is c1ccc2c(c1)NCCC[C@H]2NCc1ccnc(O[C@@H]2CCOC2)c1. The van der Waals surface area contributed by atoms with E-state index in [0.29, 0.717) is 18.5 Å². The zero-order chi connectivity index (χ0) is 16.9. The van der Waals surface area contributed by atoms with Crippen molar-refractivity contribution in [1.82, 2.24) is 10.3 Å². The first-order valence-electron chi connectivity index (χ1n) is 9.14. The second-order valence-electron chi connectivity index (χ2n) is 6.70. The van der Waals surface area contributed by atoms with E-state index in [0.717, 1.165) is 32.5 Å². The monoisotopic (exact) mass is 339 g/mol. The average Bonchev–Trinajstić information content (AvgIpc) is 3.06. The van der Waals surface area contributed by atoms with E-state index in [1.54, 1.807) is 0 Å². The molecule has 1 saturated heterocycles. The number of rotatable bonds is 5. The minimum Gasteiger partial charge on any atom is -0.472 e. The van der Waals surface area contributed by atoms with Gasteiger partial charge in [0.05, 0.1) is 13.2 Å². The number of nitrogens with zero attached hydrogens (tertiary/aromatic N) is 1. The Hall–Kier alpha value is -2.11. The van der Waals surface area contributed by atoms with Crippen LogP contribution in [-0.4, -0.2) is 30.8 Å². The van der Waals surface area contributed by atoms with E-state index in [2.05, 4.69) is 39.9 Å². The van der Waals surface area contributed by atoms with Gasteiger partial charge in [-0.3, -0.25) is 0 Å². The fourth-order valence-corrected chi connectivity index (χ4v) is 3.50. The van der Waals surface area contributed by atoms with Gasteiger partial charge in [0.25, 0.3) is 0 Å². The first-order chi connectivity index (χ1) is 12.4. The lowest BCUT2D eigenvalue weighted by Gasteiger charge is -2.19. The summed E-state index contributed by atoms with van der Waals surface area (Å²) in [4.78, 5) is 4.33. The van der Waals surface area contributed by atoms with Crippen LogP contribution >= 0.6 is 0 Å². The van der Waals surface area contributed by atoms with Crippen LogP contribution in [0.25, 0.3) is 0 Å². The Labute approximate surface area is 148 Å². The standard InChI is InChI=1S/C20H25N3O2/c1-2-5-18-17(4-1)19(6-3-9-21-18)23-13-15-7-10-22-20(12-15)25-16-8-11-24-14-16/h1-2,4-5,7,10,12,16,19,21,23H,3,6,8-9,11,13-14H2/t16-,19-/m1/s1. The Kier molecular flexibility index (Phi) is 5.14. The normalized spacial score (nSPS) is 22.7. The highest BCUT2D eigenvalue weighted by molar-refractivity contribution is 5.53. The van der Waals surface area contributed by atoms with E-state index in [1.165, 1.54) is 23.2 Å². The number of pyridine rings is 1. The van der Waals surface area contributed by atoms with Crippen molar-refractivity contribution >= 4 is 5.69 Å². The van der Waals surface area contributed by atoms with Gasteiger partial charge in [-0.2, -0.15) is 0 Å². The Morgan fingerprint density at radius 2 is 2.20 bits per heavy atom. The summed E-state index contributed by atoms with van der Waals surface area (Å²) in [5, 5.41) is 7.23. The lowest BCUT2D eigenvalue weighted by molar-refractivity contribution is 0.138.